The summed E-state index contributed by atoms with van der Waals surface area (Å²) in [6.45, 7) is -0.597. The van der Waals surface area contributed by atoms with E-state index >= 15 is 0 Å². The first-order valence-corrected chi connectivity index (χ1v) is 6.04. The molecule has 0 aromatic carbocycles. The van der Waals surface area contributed by atoms with Crippen molar-refractivity contribution in [2.75, 3.05) is 12.3 Å². The Morgan fingerprint density at radius 1 is 1.50 bits per heavy atom. The molecule has 1 unspecified atom stereocenters. The van der Waals surface area contributed by atoms with Gasteiger partial charge in [-0.2, -0.15) is 4.98 Å². The van der Waals surface area contributed by atoms with E-state index in [-0.39, 0.29) is 22.5 Å². The molecule has 2 aromatic heterocycles. The van der Waals surface area contributed by atoms with Gasteiger partial charge in [-0.25, -0.2) is 9.37 Å². The van der Waals surface area contributed by atoms with Crippen LogP contribution in [-0.4, -0.2) is 37.5 Å². The molecule has 0 radical (unpaired) electrons. The SMILES string of the molecule is Nc1nc(Cl)nc2c1ccn2[C@@H]1OC(CO)=C(O)C1F. The predicted octanol–water partition coefficient (Wildman–Crippen LogP) is 1.30. The number of anilines is 1. The van der Waals surface area contributed by atoms with Gasteiger partial charge in [0.2, 0.25) is 17.7 Å². The number of aromatic nitrogens is 3. The van der Waals surface area contributed by atoms with Gasteiger partial charge < -0.3 is 20.7 Å². The second kappa shape index (κ2) is 4.50. The van der Waals surface area contributed by atoms with E-state index in [2.05, 4.69) is 9.97 Å². The fourth-order valence-electron chi connectivity index (χ4n) is 2.11. The van der Waals surface area contributed by atoms with Crippen molar-refractivity contribution in [3.05, 3.63) is 29.1 Å². The first kappa shape index (κ1) is 12.9. The summed E-state index contributed by atoms with van der Waals surface area (Å²) in [4.78, 5) is 7.77. The van der Waals surface area contributed by atoms with Gasteiger partial charge in [-0.1, -0.05) is 0 Å². The molecule has 3 rings (SSSR count). The molecule has 4 N–H and O–H groups in total. The average molecular weight is 301 g/mol. The molecule has 0 spiro atoms. The lowest BCUT2D eigenvalue weighted by Gasteiger charge is -2.16. The molecule has 20 heavy (non-hydrogen) atoms. The Balaban J connectivity index is 2.09. The lowest BCUT2D eigenvalue weighted by molar-refractivity contribution is 0.0233. The number of hydrogen-bond acceptors (Lipinski definition) is 6. The fraction of sp³-hybridized carbons (Fsp3) is 0.273. The third kappa shape index (κ3) is 1.76. The minimum Gasteiger partial charge on any atom is -0.506 e. The minimum atomic E-state index is -1.82. The molecule has 0 bridgehead atoms. The van der Waals surface area contributed by atoms with Crippen molar-refractivity contribution in [1.29, 1.82) is 0 Å². The van der Waals surface area contributed by atoms with Crippen molar-refractivity contribution in [3.63, 3.8) is 0 Å². The van der Waals surface area contributed by atoms with Crippen LogP contribution in [0.25, 0.3) is 11.0 Å². The average Bonchev–Trinajstić information content (AvgIpc) is 2.93. The number of fused-ring (bicyclic) bond motifs is 1. The fourth-order valence-corrected chi connectivity index (χ4v) is 2.28. The smallest absolute Gasteiger partial charge is 0.226 e. The van der Waals surface area contributed by atoms with Crippen LogP contribution in [0.5, 0.6) is 0 Å². The Morgan fingerprint density at radius 3 is 2.90 bits per heavy atom. The van der Waals surface area contributed by atoms with Gasteiger partial charge in [0, 0.05) is 6.20 Å². The van der Waals surface area contributed by atoms with Gasteiger partial charge in [0.1, 0.15) is 18.1 Å². The van der Waals surface area contributed by atoms with Crippen LogP contribution >= 0.6 is 11.6 Å². The lowest BCUT2D eigenvalue weighted by atomic mass is 10.3. The molecule has 0 amide bonds. The van der Waals surface area contributed by atoms with Crippen LogP contribution in [0.4, 0.5) is 10.2 Å². The standard InChI is InChI=1S/C11H10ClFN4O3/c12-11-15-8(14)4-1-2-17(9(4)16-11)10-6(13)7(19)5(3-18)20-10/h1-2,6,10,18-19H,3H2,(H2,14,15,16)/t6?,10-/m1/s1. The highest BCUT2D eigenvalue weighted by Gasteiger charge is 2.39. The zero-order valence-corrected chi connectivity index (χ0v) is 10.8. The summed E-state index contributed by atoms with van der Waals surface area (Å²) in [5.74, 6) is -0.684. The number of nitrogens with zero attached hydrogens (tertiary/aromatic N) is 3. The molecule has 0 fully saturated rings. The topological polar surface area (TPSA) is 106 Å². The van der Waals surface area contributed by atoms with Crippen molar-refractivity contribution in [2.24, 2.45) is 0 Å². The molecule has 0 saturated carbocycles. The van der Waals surface area contributed by atoms with Crippen molar-refractivity contribution in [3.8, 4) is 0 Å². The second-order valence-electron chi connectivity index (χ2n) is 4.21. The third-order valence-corrected chi connectivity index (χ3v) is 3.22. The van der Waals surface area contributed by atoms with Crippen molar-refractivity contribution in [1.82, 2.24) is 14.5 Å². The first-order valence-electron chi connectivity index (χ1n) is 5.66. The molecule has 1 aliphatic rings. The Hall–Kier alpha value is -2.06. The normalized spacial score (nSPS) is 22.6. The van der Waals surface area contributed by atoms with Crippen LogP contribution < -0.4 is 5.73 Å². The number of halogens is 2. The highest BCUT2D eigenvalue weighted by Crippen LogP contribution is 2.36. The van der Waals surface area contributed by atoms with E-state index in [1.165, 1.54) is 10.8 Å². The number of rotatable bonds is 2. The molecule has 2 aromatic rings. The highest BCUT2D eigenvalue weighted by molar-refractivity contribution is 6.28. The quantitative estimate of drug-likeness (QED) is 0.722. The Morgan fingerprint density at radius 2 is 2.25 bits per heavy atom. The van der Waals surface area contributed by atoms with Crippen molar-refractivity contribution >= 4 is 28.5 Å². The summed E-state index contributed by atoms with van der Waals surface area (Å²) >= 11 is 5.73. The van der Waals surface area contributed by atoms with Crippen molar-refractivity contribution in [2.45, 2.75) is 12.4 Å². The van der Waals surface area contributed by atoms with Gasteiger partial charge in [-0.15, -0.1) is 0 Å². The molecular formula is C11H10ClFN4O3. The molecule has 3 heterocycles. The van der Waals surface area contributed by atoms with E-state index in [9.17, 15) is 9.50 Å². The maximum absolute atomic E-state index is 14.0. The molecule has 7 nitrogen and oxygen atoms in total. The summed E-state index contributed by atoms with van der Waals surface area (Å²) in [5.41, 5.74) is 5.98. The van der Waals surface area contributed by atoms with Gasteiger partial charge >= 0.3 is 0 Å². The van der Waals surface area contributed by atoms with E-state index in [1.54, 1.807) is 6.07 Å². The number of aliphatic hydroxyl groups is 2. The van der Waals surface area contributed by atoms with Gasteiger partial charge in [0.25, 0.3) is 0 Å². The second-order valence-corrected chi connectivity index (χ2v) is 4.55. The summed E-state index contributed by atoms with van der Waals surface area (Å²) in [6, 6.07) is 1.59. The summed E-state index contributed by atoms with van der Waals surface area (Å²) in [5, 5.41) is 18.9. The number of ether oxygens (including phenoxy) is 1. The molecule has 9 heteroatoms. The molecule has 1 aliphatic heterocycles. The van der Waals surface area contributed by atoms with Crippen LogP contribution in [0.1, 0.15) is 6.23 Å². The number of nitrogens with two attached hydrogens (primary N) is 1. The maximum Gasteiger partial charge on any atom is 0.226 e. The largest absolute Gasteiger partial charge is 0.506 e. The monoisotopic (exact) mass is 300 g/mol. The van der Waals surface area contributed by atoms with Crippen LogP contribution in [0, 0.1) is 0 Å². The van der Waals surface area contributed by atoms with E-state index in [0.717, 1.165) is 0 Å². The van der Waals surface area contributed by atoms with Gasteiger partial charge in [-0.3, -0.25) is 4.57 Å². The first-order chi connectivity index (χ1) is 9.52. The zero-order valence-electron chi connectivity index (χ0n) is 9.99. The van der Waals surface area contributed by atoms with Gasteiger partial charge in [0.15, 0.2) is 11.5 Å². The number of nitrogen functional groups attached to an aromatic ring is 1. The van der Waals surface area contributed by atoms with E-state index in [1.807, 2.05) is 0 Å². The molecule has 0 aliphatic carbocycles. The number of aliphatic hydroxyl groups excluding tert-OH is 2. The van der Waals surface area contributed by atoms with Crippen LogP contribution in [-0.2, 0) is 4.74 Å². The predicted molar refractivity (Wildman–Crippen MR) is 68.7 cm³/mol. The van der Waals surface area contributed by atoms with Gasteiger partial charge in [0.05, 0.1) is 5.39 Å². The van der Waals surface area contributed by atoms with Gasteiger partial charge in [-0.05, 0) is 17.7 Å². The van der Waals surface area contributed by atoms with E-state index in [4.69, 9.17) is 27.2 Å². The van der Waals surface area contributed by atoms with E-state index < -0.39 is 24.8 Å². The molecular weight excluding hydrogens is 291 g/mol. The Labute approximate surface area is 117 Å². The molecule has 2 atom stereocenters. The van der Waals surface area contributed by atoms with Crippen LogP contribution in [0.15, 0.2) is 23.8 Å². The Kier molecular flexibility index (Phi) is 2.91. The van der Waals surface area contributed by atoms with Crippen LogP contribution in [0.2, 0.25) is 5.28 Å². The number of hydrogen-bond donors (Lipinski definition) is 3. The highest BCUT2D eigenvalue weighted by atomic mass is 35.5. The molecule has 0 saturated heterocycles. The summed E-state index contributed by atoms with van der Waals surface area (Å²) in [6.07, 6.45) is -1.50. The van der Waals surface area contributed by atoms with Crippen molar-refractivity contribution < 1.29 is 19.3 Å². The minimum absolute atomic E-state index is 0.0806. The van der Waals surface area contributed by atoms with Crippen LogP contribution in [0.3, 0.4) is 0 Å². The number of alkyl halides is 1. The third-order valence-electron chi connectivity index (χ3n) is 3.05. The summed E-state index contributed by atoms with van der Waals surface area (Å²) < 4.78 is 20.6. The zero-order chi connectivity index (χ0) is 14.4. The van der Waals surface area contributed by atoms with E-state index in [0.29, 0.717) is 5.39 Å². The molecule has 106 valence electrons. The Bertz CT molecular complexity index is 717. The summed E-state index contributed by atoms with van der Waals surface area (Å²) in [7, 11) is 0. The lowest BCUT2D eigenvalue weighted by Crippen LogP contribution is -2.18. The maximum atomic E-state index is 14.0.